The van der Waals surface area contributed by atoms with E-state index in [2.05, 4.69) is 0 Å². The third kappa shape index (κ3) is 4.82. The molecule has 10 heteroatoms. The number of fused-ring (bicyclic) bond motifs is 2. The topological polar surface area (TPSA) is 124 Å². The number of carbonyl (C=O) groups is 1. The maximum Gasteiger partial charge on any atom is 0.344 e. The van der Waals surface area contributed by atoms with Crippen LogP contribution in [0.15, 0.2) is 79.1 Å². The Kier molecular flexibility index (Phi) is 7.15. The quantitative estimate of drug-likeness (QED) is 0.146. The van der Waals surface area contributed by atoms with Gasteiger partial charge in [0.25, 0.3) is 0 Å². The Bertz CT molecular complexity index is 1840. The first-order chi connectivity index (χ1) is 19.4. The van der Waals surface area contributed by atoms with E-state index in [9.17, 15) is 14.4 Å². The second kappa shape index (κ2) is 10.9. The normalized spacial score (nSPS) is 10.9. The summed E-state index contributed by atoms with van der Waals surface area (Å²) in [6.07, 6.45) is 0. The smallest absolute Gasteiger partial charge is 0.344 e. The summed E-state index contributed by atoms with van der Waals surface area (Å²) in [4.78, 5) is 38.4. The maximum absolute atomic E-state index is 13.0. The van der Waals surface area contributed by atoms with E-state index < -0.39 is 17.2 Å². The van der Waals surface area contributed by atoms with Gasteiger partial charge in [0.1, 0.15) is 11.3 Å². The van der Waals surface area contributed by atoms with Crippen LogP contribution in [-0.2, 0) is 0 Å². The molecule has 2 heterocycles. The highest BCUT2D eigenvalue weighted by molar-refractivity contribution is 5.97. The van der Waals surface area contributed by atoms with Crippen molar-refractivity contribution >= 4 is 27.9 Å². The predicted octanol–water partition coefficient (Wildman–Crippen LogP) is 5.21. The fourth-order valence-corrected chi connectivity index (χ4v) is 4.37. The van der Waals surface area contributed by atoms with Gasteiger partial charge < -0.3 is 32.5 Å². The minimum Gasteiger partial charge on any atom is -0.493 e. The zero-order valence-electron chi connectivity index (χ0n) is 22.1. The summed E-state index contributed by atoms with van der Waals surface area (Å²) in [5, 5.41) is 1.07. The fraction of sp³-hybridized carbons (Fsp3) is 0.167. The van der Waals surface area contributed by atoms with Gasteiger partial charge in [-0.25, -0.2) is 14.4 Å². The lowest BCUT2D eigenvalue weighted by molar-refractivity contribution is 0.0734. The van der Waals surface area contributed by atoms with Gasteiger partial charge in [-0.05, 0) is 43.3 Å². The lowest BCUT2D eigenvalue weighted by Gasteiger charge is -2.14. The molecule has 0 saturated heterocycles. The van der Waals surface area contributed by atoms with Crippen LogP contribution in [0.25, 0.3) is 33.1 Å². The standard InChI is InChI=1S/C30H24O10/c1-5-37-22-8-6-7-16-11-21(30(33)40-27(16)22)20-15-26(31)39-23-14-18(9-10-19(20)23)38-29(32)17-12-24(34-2)28(36-4)25(13-17)35-3/h6-15H,5H2,1-4H3. The van der Waals surface area contributed by atoms with Crippen molar-refractivity contribution in [2.24, 2.45) is 0 Å². The number of ether oxygens (including phenoxy) is 5. The van der Waals surface area contributed by atoms with Gasteiger partial charge in [0.15, 0.2) is 22.8 Å². The van der Waals surface area contributed by atoms with E-state index >= 15 is 0 Å². The van der Waals surface area contributed by atoms with E-state index in [4.69, 9.17) is 32.5 Å². The van der Waals surface area contributed by atoms with Crippen molar-refractivity contribution in [3.8, 4) is 39.9 Å². The molecule has 204 valence electrons. The molecule has 0 radical (unpaired) electrons. The van der Waals surface area contributed by atoms with E-state index in [0.717, 1.165) is 0 Å². The van der Waals surface area contributed by atoms with Crippen LogP contribution in [0, 0.1) is 0 Å². The number of methoxy groups -OCH3 is 3. The van der Waals surface area contributed by atoms with Crippen molar-refractivity contribution in [1.82, 2.24) is 0 Å². The molecule has 5 aromatic rings. The van der Waals surface area contributed by atoms with E-state index in [1.807, 2.05) is 6.92 Å². The number of carbonyl (C=O) groups excluding carboxylic acids is 1. The highest BCUT2D eigenvalue weighted by Crippen LogP contribution is 2.38. The van der Waals surface area contributed by atoms with Gasteiger partial charge in [-0.15, -0.1) is 0 Å². The number of hydrogen-bond acceptors (Lipinski definition) is 10. The van der Waals surface area contributed by atoms with Gasteiger partial charge in [-0.1, -0.05) is 12.1 Å². The first-order valence-corrected chi connectivity index (χ1v) is 12.2. The molecule has 0 aliphatic rings. The molecule has 0 atom stereocenters. The Morgan fingerprint density at radius 2 is 1.55 bits per heavy atom. The van der Waals surface area contributed by atoms with Crippen LogP contribution in [0.1, 0.15) is 17.3 Å². The zero-order valence-corrected chi connectivity index (χ0v) is 22.1. The number of benzene rings is 3. The van der Waals surface area contributed by atoms with Crippen molar-refractivity contribution in [1.29, 1.82) is 0 Å². The predicted molar refractivity (Wildman–Crippen MR) is 146 cm³/mol. The first-order valence-electron chi connectivity index (χ1n) is 12.2. The second-order valence-corrected chi connectivity index (χ2v) is 8.50. The van der Waals surface area contributed by atoms with Gasteiger partial charge >= 0.3 is 17.2 Å². The molecule has 0 fully saturated rings. The Morgan fingerprint density at radius 1 is 0.800 bits per heavy atom. The number of para-hydroxylation sites is 1. The van der Waals surface area contributed by atoms with Crippen LogP contribution in [0.2, 0.25) is 0 Å². The van der Waals surface area contributed by atoms with E-state index in [-0.39, 0.29) is 34.0 Å². The lowest BCUT2D eigenvalue weighted by Crippen LogP contribution is -2.10. The molecule has 0 N–H and O–H groups in total. The average Bonchev–Trinajstić information content (AvgIpc) is 2.95. The second-order valence-electron chi connectivity index (χ2n) is 8.50. The average molecular weight is 545 g/mol. The molecule has 0 aliphatic carbocycles. The SMILES string of the molecule is CCOc1cccc2cc(-c3cc(=O)oc4cc(OC(=O)c5cc(OC)c(OC)c(OC)c5)ccc34)c(=O)oc12. The van der Waals surface area contributed by atoms with Gasteiger partial charge in [-0.3, -0.25) is 0 Å². The Labute approximate surface area is 227 Å². The zero-order chi connectivity index (χ0) is 28.4. The van der Waals surface area contributed by atoms with E-state index in [1.54, 1.807) is 30.3 Å². The molecule has 5 rings (SSSR count). The van der Waals surface area contributed by atoms with Crippen molar-refractivity contribution in [3.63, 3.8) is 0 Å². The molecular formula is C30H24O10. The first kappa shape index (κ1) is 26.4. The third-order valence-corrected chi connectivity index (χ3v) is 6.14. The summed E-state index contributed by atoms with van der Waals surface area (Å²) in [5.41, 5.74) is -0.299. The van der Waals surface area contributed by atoms with Crippen molar-refractivity contribution in [2.75, 3.05) is 27.9 Å². The summed E-state index contributed by atoms with van der Waals surface area (Å²) in [7, 11) is 4.32. The van der Waals surface area contributed by atoms with Crippen molar-refractivity contribution in [2.45, 2.75) is 6.92 Å². The largest absolute Gasteiger partial charge is 0.493 e. The van der Waals surface area contributed by atoms with Crippen LogP contribution in [0.3, 0.4) is 0 Å². The highest BCUT2D eigenvalue weighted by atomic mass is 16.5. The summed E-state index contributed by atoms with van der Waals surface area (Å²) >= 11 is 0. The molecule has 3 aromatic carbocycles. The molecular weight excluding hydrogens is 520 g/mol. The molecule has 10 nitrogen and oxygen atoms in total. The van der Waals surface area contributed by atoms with Crippen LogP contribution in [0.5, 0.6) is 28.7 Å². The van der Waals surface area contributed by atoms with Gasteiger partial charge in [0, 0.05) is 28.5 Å². The molecule has 0 aliphatic heterocycles. The summed E-state index contributed by atoms with van der Waals surface area (Å²) < 4.78 is 37.9. The summed E-state index contributed by atoms with van der Waals surface area (Å²) in [6, 6.07) is 15.5. The van der Waals surface area contributed by atoms with Gasteiger partial charge in [-0.2, -0.15) is 0 Å². The van der Waals surface area contributed by atoms with E-state index in [0.29, 0.717) is 40.0 Å². The van der Waals surface area contributed by atoms with E-state index in [1.165, 1.54) is 51.7 Å². The molecule has 0 saturated carbocycles. The molecule has 40 heavy (non-hydrogen) atoms. The summed E-state index contributed by atoms with van der Waals surface area (Å²) in [6.45, 7) is 2.23. The molecule has 2 aromatic heterocycles. The molecule has 0 unspecified atom stereocenters. The number of rotatable bonds is 8. The van der Waals surface area contributed by atoms with Crippen molar-refractivity contribution < 1.29 is 37.3 Å². The lowest BCUT2D eigenvalue weighted by atomic mass is 10.0. The number of hydrogen-bond donors (Lipinski definition) is 0. The Balaban J connectivity index is 1.54. The molecule has 0 amide bonds. The Hall–Kier alpha value is -5.25. The van der Waals surface area contributed by atoms with Gasteiger partial charge in [0.2, 0.25) is 5.75 Å². The van der Waals surface area contributed by atoms with Crippen LogP contribution >= 0.6 is 0 Å². The van der Waals surface area contributed by atoms with Crippen LogP contribution < -0.4 is 34.9 Å². The number of esters is 1. The maximum atomic E-state index is 13.0. The monoisotopic (exact) mass is 544 g/mol. The third-order valence-electron chi connectivity index (χ3n) is 6.14. The van der Waals surface area contributed by atoms with Crippen LogP contribution in [-0.4, -0.2) is 33.9 Å². The fourth-order valence-electron chi connectivity index (χ4n) is 4.37. The van der Waals surface area contributed by atoms with Gasteiger partial charge in [0.05, 0.1) is 39.1 Å². The molecule has 0 spiro atoms. The van der Waals surface area contributed by atoms with Crippen molar-refractivity contribution in [3.05, 3.63) is 87.1 Å². The minimum absolute atomic E-state index is 0.110. The Morgan fingerprint density at radius 3 is 2.23 bits per heavy atom. The summed E-state index contributed by atoms with van der Waals surface area (Å²) in [5.74, 6) is 0.736. The highest BCUT2D eigenvalue weighted by Gasteiger charge is 2.20. The molecule has 0 bridgehead atoms. The minimum atomic E-state index is -0.711. The van der Waals surface area contributed by atoms with Crippen LogP contribution in [0.4, 0.5) is 0 Å².